The van der Waals surface area contributed by atoms with E-state index in [1.54, 1.807) is 0 Å². The van der Waals surface area contributed by atoms with Gasteiger partial charge in [-0.3, -0.25) is 0 Å². The fourth-order valence-corrected chi connectivity index (χ4v) is 4.33. The average Bonchev–Trinajstić information content (AvgIpc) is 2.88. The highest BCUT2D eigenvalue weighted by atomic mass is 79.9. The molecule has 0 aromatic heterocycles. The van der Waals surface area contributed by atoms with E-state index in [0.717, 1.165) is 10.9 Å². The highest BCUT2D eigenvalue weighted by molar-refractivity contribution is 9.10. The van der Waals surface area contributed by atoms with Crippen molar-refractivity contribution in [1.82, 2.24) is 0 Å². The number of alkyl halides is 1. The Balaban J connectivity index is 1.63. The van der Waals surface area contributed by atoms with Crippen LogP contribution in [0, 0.1) is 5.41 Å². The molecule has 1 nitrogen and oxygen atoms in total. The molecule has 1 aromatic rings. The lowest BCUT2D eigenvalue weighted by atomic mass is 9.64. The third kappa shape index (κ3) is 2.13. The smallest absolute Gasteiger partial charge is 0.0731 e. The van der Waals surface area contributed by atoms with Crippen LogP contribution in [-0.2, 0) is 11.3 Å². The van der Waals surface area contributed by atoms with E-state index >= 15 is 0 Å². The van der Waals surface area contributed by atoms with E-state index in [0.29, 0.717) is 23.5 Å². The van der Waals surface area contributed by atoms with Crippen LogP contribution in [0.15, 0.2) is 28.7 Å². The predicted octanol–water partition coefficient (Wildman–Crippen LogP) is 4.91. The fraction of sp³-hybridized carbons (Fsp3) is 0.600. The van der Waals surface area contributed by atoms with Crippen molar-refractivity contribution in [3.05, 3.63) is 34.3 Å². The molecule has 3 heteroatoms. The first-order valence-corrected chi connectivity index (χ1v) is 7.94. The molecule has 98 valence electrons. The maximum Gasteiger partial charge on any atom is 0.0731 e. The lowest BCUT2D eigenvalue weighted by Crippen LogP contribution is -2.54. The van der Waals surface area contributed by atoms with Crippen LogP contribution in [0.25, 0.3) is 0 Å². The van der Waals surface area contributed by atoms with Crippen LogP contribution in [0.3, 0.4) is 0 Å². The number of ether oxygens (including phenoxy) is 1. The standard InChI is InChI=1S/C15H18BrClO/c16-12-6-2-1-5-11(12)10-18-14-9-13(17)15(14)7-3-4-8-15/h1-2,5-6,13-14H,3-4,7-10H2. The normalized spacial score (nSPS) is 29.4. The molecule has 2 atom stereocenters. The summed E-state index contributed by atoms with van der Waals surface area (Å²) in [6.45, 7) is 0.692. The van der Waals surface area contributed by atoms with Crippen molar-refractivity contribution in [3.63, 3.8) is 0 Å². The van der Waals surface area contributed by atoms with Crippen molar-refractivity contribution in [3.8, 4) is 0 Å². The van der Waals surface area contributed by atoms with Gasteiger partial charge in [-0.2, -0.15) is 0 Å². The zero-order valence-corrected chi connectivity index (χ0v) is 12.7. The number of rotatable bonds is 3. The van der Waals surface area contributed by atoms with Gasteiger partial charge >= 0.3 is 0 Å². The zero-order chi connectivity index (χ0) is 12.6. The summed E-state index contributed by atoms with van der Waals surface area (Å²) in [6.07, 6.45) is 6.53. The molecule has 1 spiro atoms. The van der Waals surface area contributed by atoms with Crippen molar-refractivity contribution >= 4 is 27.5 Å². The molecule has 0 radical (unpaired) electrons. The van der Waals surface area contributed by atoms with Crippen LogP contribution in [0.1, 0.15) is 37.7 Å². The SMILES string of the molecule is ClC1CC(OCc2ccccc2Br)C12CCCC2. The van der Waals surface area contributed by atoms with Gasteiger partial charge in [0.25, 0.3) is 0 Å². The van der Waals surface area contributed by atoms with E-state index < -0.39 is 0 Å². The number of hydrogen-bond donors (Lipinski definition) is 0. The summed E-state index contributed by atoms with van der Waals surface area (Å²) in [5, 5.41) is 0.337. The summed E-state index contributed by atoms with van der Waals surface area (Å²) in [7, 11) is 0. The minimum absolute atomic E-state index is 0.294. The lowest BCUT2D eigenvalue weighted by Gasteiger charge is -2.51. The van der Waals surface area contributed by atoms with Crippen LogP contribution in [0.5, 0.6) is 0 Å². The topological polar surface area (TPSA) is 9.23 Å². The maximum absolute atomic E-state index is 6.43. The molecule has 0 amide bonds. The van der Waals surface area contributed by atoms with Crippen LogP contribution < -0.4 is 0 Å². The largest absolute Gasteiger partial charge is 0.373 e. The molecule has 0 aliphatic heterocycles. The van der Waals surface area contributed by atoms with E-state index in [-0.39, 0.29) is 0 Å². The van der Waals surface area contributed by atoms with Gasteiger partial charge in [0.1, 0.15) is 0 Å². The van der Waals surface area contributed by atoms with Crippen molar-refractivity contribution in [2.24, 2.45) is 5.41 Å². The molecule has 2 fully saturated rings. The molecular formula is C15H18BrClO. The summed E-state index contributed by atoms with van der Waals surface area (Å²) in [6, 6.07) is 8.27. The van der Waals surface area contributed by atoms with E-state index in [9.17, 15) is 0 Å². The van der Waals surface area contributed by atoms with Crippen LogP contribution in [-0.4, -0.2) is 11.5 Å². The molecule has 18 heavy (non-hydrogen) atoms. The molecule has 2 unspecified atom stereocenters. The van der Waals surface area contributed by atoms with Crippen molar-refractivity contribution in [2.45, 2.75) is 50.2 Å². The Morgan fingerprint density at radius 3 is 2.67 bits per heavy atom. The average molecular weight is 330 g/mol. The highest BCUT2D eigenvalue weighted by Crippen LogP contribution is 2.57. The molecule has 0 N–H and O–H groups in total. The molecule has 2 aliphatic carbocycles. The van der Waals surface area contributed by atoms with Crippen LogP contribution >= 0.6 is 27.5 Å². The Bertz CT molecular complexity index is 428. The summed E-state index contributed by atoms with van der Waals surface area (Å²) >= 11 is 10.00. The Hall–Kier alpha value is -0.0500. The van der Waals surface area contributed by atoms with Gasteiger partial charge in [-0.25, -0.2) is 0 Å². The van der Waals surface area contributed by atoms with E-state index in [2.05, 4.69) is 34.1 Å². The Morgan fingerprint density at radius 2 is 2.00 bits per heavy atom. The Morgan fingerprint density at radius 1 is 1.28 bits per heavy atom. The van der Waals surface area contributed by atoms with Crippen molar-refractivity contribution in [2.75, 3.05) is 0 Å². The second-order valence-electron chi connectivity index (χ2n) is 5.53. The van der Waals surface area contributed by atoms with Gasteiger partial charge in [-0.15, -0.1) is 11.6 Å². The molecule has 3 rings (SSSR count). The van der Waals surface area contributed by atoms with Crippen molar-refractivity contribution in [1.29, 1.82) is 0 Å². The molecule has 0 bridgehead atoms. The number of benzene rings is 1. The summed E-state index contributed by atoms with van der Waals surface area (Å²) in [5.41, 5.74) is 1.52. The monoisotopic (exact) mass is 328 g/mol. The van der Waals surface area contributed by atoms with Crippen molar-refractivity contribution < 1.29 is 4.74 Å². The zero-order valence-electron chi connectivity index (χ0n) is 10.4. The quantitative estimate of drug-likeness (QED) is 0.716. The molecule has 2 saturated carbocycles. The minimum atomic E-state index is 0.294. The highest BCUT2D eigenvalue weighted by Gasteiger charge is 2.55. The lowest BCUT2D eigenvalue weighted by molar-refractivity contribution is -0.112. The minimum Gasteiger partial charge on any atom is -0.373 e. The van der Waals surface area contributed by atoms with Gasteiger partial charge in [-0.05, 0) is 30.9 Å². The second kappa shape index (κ2) is 5.15. The summed E-state index contributed by atoms with van der Waals surface area (Å²) in [4.78, 5) is 0. The van der Waals surface area contributed by atoms with Gasteiger partial charge in [0, 0.05) is 15.3 Å². The van der Waals surface area contributed by atoms with Gasteiger partial charge in [-0.1, -0.05) is 47.0 Å². The van der Waals surface area contributed by atoms with Gasteiger partial charge in [0.05, 0.1) is 12.7 Å². The summed E-state index contributed by atoms with van der Waals surface area (Å²) in [5.74, 6) is 0. The Kier molecular flexibility index (Phi) is 3.70. The molecule has 0 heterocycles. The first-order valence-electron chi connectivity index (χ1n) is 6.71. The third-order valence-electron chi connectivity index (χ3n) is 4.62. The molecule has 2 aliphatic rings. The van der Waals surface area contributed by atoms with Gasteiger partial charge < -0.3 is 4.74 Å². The van der Waals surface area contributed by atoms with Crippen LogP contribution in [0.4, 0.5) is 0 Å². The molecule has 1 aromatic carbocycles. The second-order valence-corrected chi connectivity index (χ2v) is 6.92. The van der Waals surface area contributed by atoms with E-state index in [1.807, 2.05) is 6.07 Å². The number of hydrogen-bond acceptors (Lipinski definition) is 1. The van der Waals surface area contributed by atoms with Crippen LogP contribution in [0.2, 0.25) is 0 Å². The fourth-order valence-electron chi connectivity index (χ4n) is 3.41. The maximum atomic E-state index is 6.43. The molecule has 0 saturated heterocycles. The van der Waals surface area contributed by atoms with E-state index in [1.165, 1.54) is 31.2 Å². The summed E-state index contributed by atoms with van der Waals surface area (Å²) < 4.78 is 7.27. The van der Waals surface area contributed by atoms with Gasteiger partial charge in [0.15, 0.2) is 0 Å². The third-order valence-corrected chi connectivity index (χ3v) is 6.00. The first kappa shape index (κ1) is 13.0. The first-order chi connectivity index (χ1) is 8.72. The van der Waals surface area contributed by atoms with Gasteiger partial charge in [0.2, 0.25) is 0 Å². The number of halogens is 2. The van der Waals surface area contributed by atoms with E-state index in [4.69, 9.17) is 16.3 Å². The molecular weight excluding hydrogens is 312 g/mol. The Labute approximate surface area is 122 Å². The predicted molar refractivity (Wildman–Crippen MR) is 77.9 cm³/mol.